The molecule has 0 fully saturated rings. The Labute approximate surface area is 255 Å². The molecule has 234 valence electrons. The number of ether oxygens (including phenoxy) is 1. The lowest BCUT2D eigenvalue weighted by atomic mass is 10.1. The van der Waals surface area contributed by atoms with Crippen LogP contribution in [0, 0.1) is 0 Å². The molecule has 0 heterocycles. The van der Waals surface area contributed by atoms with Crippen molar-refractivity contribution in [1.82, 2.24) is 5.32 Å². The molecule has 0 aromatic heterocycles. The van der Waals surface area contributed by atoms with Gasteiger partial charge in [0.05, 0.1) is 18.0 Å². The van der Waals surface area contributed by atoms with Gasteiger partial charge in [0.1, 0.15) is 5.75 Å². The molecule has 0 saturated carbocycles. The standard InChI is InChI=1S/C33H53N3O5Si/c1-5-9-10-12-16-29-18-20-30(21-19-29)35-36-31-22-24-32(25-23-31)38-27-14-11-13-17-33(37)34-26-15-28-42(39-6-2,40-7-3)41-8-4/h18-25H,5-17,26-28H2,1-4H3,(H,34,37)/b36-35+. The molecule has 8 nitrogen and oxygen atoms in total. The van der Waals surface area contributed by atoms with E-state index in [-0.39, 0.29) is 5.91 Å². The topological polar surface area (TPSA) is 90.7 Å². The second-order valence-corrected chi connectivity index (χ2v) is 13.0. The summed E-state index contributed by atoms with van der Waals surface area (Å²) in [5.74, 6) is 0.889. The summed E-state index contributed by atoms with van der Waals surface area (Å²) in [5.41, 5.74) is 3.00. The van der Waals surface area contributed by atoms with Gasteiger partial charge in [0.25, 0.3) is 0 Å². The van der Waals surface area contributed by atoms with Crippen molar-refractivity contribution in [3.8, 4) is 5.75 Å². The van der Waals surface area contributed by atoms with Crippen LogP contribution in [0.2, 0.25) is 6.04 Å². The third-order valence-corrected chi connectivity index (χ3v) is 9.92. The van der Waals surface area contributed by atoms with Crippen LogP contribution in [0.25, 0.3) is 0 Å². The maximum atomic E-state index is 12.2. The average molecular weight is 600 g/mol. The number of nitrogens with one attached hydrogen (secondary N) is 1. The number of hydrogen-bond acceptors (Lipinski definition) is 7. The smallest absolute Gasteiger partial charge is 0.494 e. The van der Waals surface area contributed by atoms with E-state index in [0.29, 0.717) is 45.4 Å². The summed E-state index contributed by atoms with van der Waals surface area (Å²) >= 11 is 0. The lowest BCUT2D eigenvalue weighted by Crippen LogP contribution is -2.46. The molecule has 0 spiro atoms. The Balaban J connectivity index is 1.57. The molecule has 1 amide bonds. The lowest BCUT2D eigenvalue weighted by molar-refractivity contribution is -0.121. The Morgan fingerprint density at radius 3 is 1.90 bits per heavy atom. The van der Waals surface area contributed by atoms with E-state index in [2.05, 4.69) is 34.6 Å². The fourth-order valence-electron chi connectivity index (χ4n) is 4.59. The highest BCUT2D eigenvalue weighted by Crippen LogP contribution is 2.22. The zero-order valence-electron chi connectivity index (χ0n) is 26.4. The van der Waals surface area contributed by atoms with E-state index in [1.807, 2.05) is 57.2 Å². The Kier molecular flexibility index (Phi) is 18.7. The van der Waals surface area contributed by atoms with Crippen molar-refractivity contribution in [2.45, 2.75) is 97.9 Å². The molecule has 0 radical (unpaired) electrons. The van der Waals surface area contributed by atoms with Crippen LogP contribution in [-0.2, 0) is 24.5 Å². The minimum atomic E-state index is -2.64. The van der Waals surface area contributed by atoms with E-state index >= 15 is 0 Å². The molecule has 0 bridgehead atoms. The SMILES string of the molecule is CCCCCCc1ccc(/N=N/c2ccc(OCCCCCC(=O)NCCC[Si](OCC)(OCC)OCC)cc2)cc1. The molecule has 0 aliphatic carbocycles. The summed E-state index contributed by atoms with van der Waals surface area (Å²) in [4.78, 5) is 12.2. The van der Waals surface area contributed by atoms with Crippen molar-refractivity contribution < 1.29 is 22.8 Å². The van der Waals surface area contributed by atoms with Gasteiger partial charge >= 0.3 is 8.80 Å². The molecule has 42 heavy (non-hydrogen) atoms. The van der Waals surface area contributed by atoms with Gasteiger partial charge in [0.15, 0.2) is 0 Å². The first-order chi connectivity index (χ1) is 20.5. The van der Waals surface area contributed by atoms with Crippen LogP contribution in [0.15, 0.2) is 58.8 Å². The summed E-state index contributed by atoms with van der Waals surface area (Å²) in [6.45, 7) is 11.0. The molecule has 2 aromatic carbocycles. The van der Waals surface area contributed by atoms with Gasteiger partial charge in [-0.15, -0.1) is 0 Å². The molecule has 0 unspecified atom stereocenters. The summed E-state index contributed by atoms with van der Waals surface area (Å²) in [6.07, 6.45) is 10.2. The van der Waals surface area contributed by atoms with Gasteiger partial charge < -0.3 is 23.3 Å². The number of carbonyl (C=O) groups is 1. The van der Waals surface area contributed by atoms with E-state index in [1.54, 1.807) is 0 Å². The summed E-state index contributed by atoms with van der Waals surface area (Å²) in [5, 5.41) is 11.7. The quantitative estimate of drug-likeness (QED) is 0.0740. The van der Waals surface area contributed by atoms with Crippen molar-refractivity contribution in [2.75, 3.05) is 33.0 Å². The normalized spacial score (nSPS) is 11.7. The predicted molar refractivity (Wildman–Crippen MR) is 172 cm³/mol. The molecule has 2 rings (SSSR count). The van der Waals surface area contributed by atoms with Crippen LogP contribution < -0.4 is 10.1 Å². The maximum Gasteiger partial charge on any atom is 0.500 e. The largest absolute Gasteiger partial charge is 0.500 e. The highest BCUT2D eigenvalue weighted by Gasteiger charge is 2.39. The number of unbranched alkanes of at least 4 members (excludes halogenated alkanes) is 5. The highest BCUT2D eigenvalue weighted by molar-refractivity contribution is 6.60. The van der Waals surface area contributed by atoms with Crippen molar-refractivity contribution in [1.29, 1.82) is 0 Å². The Bertz CT molecular complexity index is 985. The van der Waals surface area contributed by atoms with E-state index in [9.17, 15) is 4.79 Å². The predicted octanol–water partition coefficient (Wildman–Crippen LogP) is 8.72. The number of aryl methyl sites for hydroxylation is 1. The van der Waals surface area contributed by atoms with Gasteiger partial charge in [-0.1, -0.05) is 38.3 Å². The van der Waals surface area contributed by atoms with E-state index in [4.69, 9.17) is 18.0 Å². The van der Waals surface area contributed by atoms with Gasteiger partial charge in [-0.3, -0.25) is 4.79 Å². The van der Waals surface area contributed by atoms with Crippen LogP contribution in [0.4, 0.5) is 11.4 Å². The molecule has 2 aromatic rings. The number of benzene rings is 2. The molecular formula is C33H53N3O5Si. The molecule has 0 aliphatic heterocycles. The molecule has 1 N–H and O–H groups in total. The number of rotatable bonds is 24. The fourth-order valence-corrected chi connectivity index (χ4v) is 7.20. The number of carbonyl (C=O) groups excluding carboxylic acids is 1. The second-order valence-electron chi connectivity index (χ2n) is 10.3. The third kappa shape index (κ3) is 15.0. The number of hydrogen-bond donors (Lipinski definition) is 1. The van der Waals surface area contributed by atoms with Crippen molar-refractivity contribution in [3.05, 3.63) is 54.1 Å². The molecule has 0 atom stereocenters. The summed E-state index contributed by atoms with van der Waals surface area (Å²) in [6, 6.07) is 16.7. The fraction of sp³-hybridized carbons (Fsp3) is 0.606. The molecule has 0 saturated heterocycles. The van der Waals surface area contributed by atoms with Crippen molar-refractivity contribution in [2.24, 2.45) is 10.2 Å². The molecule has 0 aliphatic rings. The van der Waals surface area contributed by atoms with Gasteiger partial charge in [0, 0.05) is 38.8 Å². The second kappa shape index (κ2) is 22.0. The zero-order chi connectivity index (χ0) is 30.3. The Hall–Kier alpha value is -2.59. The third-order valence-electron chi connectivity index (χ3n) is 6.76. The van der Waals surface area contributed by atoms with Gasteiger partial charge in [0.2, 0.25) is 5.91 Å². The van der Waals surface area contributed by atoms with Gasteiger partial charge in [-0.05, 0) is 101 Å². The molecular weight excluding hydrogens is 546 g/mol. The van der Waals surface area contributed by atoms with Crippen molar-refractivity contribution in [3.63, 3.8) is 0 Å². The van der Waals surface area contributed by atoms with E-state index in [0.717, 1.165) is 49.2 Å². The van der Waals surface area contributed by atoms with Crippen LogP contribution in [0.3, 0.4) is 0 Å². The lowest BCUT2D eigenvalue weighted by Gasteiger charge is -2.28. The van der Waals surface area contributed by atoms with Crippen LogP contribution >= 0.6 is 0 Å². The summed E-state index contributed by atoms with van der Waals surface area (Å²) < 4.78 is 23.4. The Morgan fingerprint density at radius 1 is 0.714 bits per heavy atom. The van der Waals surface area contributed by atoms with E-state index < -0.39 is 8.80 Å². The Morgan fingerprint density at radius 2 is 1.31 bits per heavy atom. The van der Waals surface area contributed by atoms with Crippen LogP contribution in [-0.4, -0.2) is 47.7 Å². The summed E-state index contributed by atoms with van der Waals surface area (Å²) in [7, 11) is -2.64. The monoisotopic (exact) mass is 599 g/mol. The minimum absolute atomic E-state index is 0.0792. The number of nitrogens with zero attached hydrogens (tertiary/aromatic N) is 2. The first kappa shape index (κ1) is 35.6. The zero-order valence-corrected chi connectivity index (χ0v) is 27.4. The highest BCUT2D eigenvalue weighted by atomic mass is 28.4. The first-order valence-corrected chi connectivity index (χ1v) is 17.9. The number of azo groups is 1. The van der Waals surface area contributed by atoms with Crippen molar-refractivity contribution >= 4 is 26.1 Å². The first-order valence-electron chi connectivity index (χ1n) is 16.0. The van der Waals surface area contributed by atoms with E-state index in [1.165, 1.54) is 31.2 Å². The van der Waals surface area contributed by atoms with Crippen LogP contribution in [0.5, 0.6) is 5.75 Å². The van der Waals surface area contributed by atoms with Crippen LogP contribution in [0.1, 0.15) is 91.0 Å². The average Bonchev–Trinajstić information content (AvgIpc) is 3.00. The van der Waals surface area contributed by atoms with Gasteiger partial charge in [-0.2, -0.15) is 10.2 Å². The minimum Gasteiger partial charge on any atom is -0.494 e. The number of amides is 1. The maximum absolute atomic E-state index is 12.2. The molecule has 9 heteroatoms. The van der Waals surface area contributed by atoms with Gasteiger partial charge in [-0.25, -0.2) is 0 Å².